The van der Waals surface area contributed by atoms with Crippen LogP contribution in [0.15, 0.2) is 0 Å². The first-order valence-electron chi connectivity index (χ1n) is 11.0. The lowest BCUT2D eigenvalue weighted by Gasteiger charge is -2.35. The molecule has 8 heteroatoms. The van der Waals surface area contributed by atoms with Gasteiger partial charge in [0.15, 0.2) is 0 Å². The molecule has 2 heterocycles. The molecule has 6 N–H and O–H groups in total. The van der Waals surface area contributed by atoms with Crippen molar-refractivity contribution < 1.29 is 30.2 Å². The minimum Gasteiger partial charge on any atom is -0.392 e. The van der Waals surface area contributed by atoms with Crippen LogP contribution in [-0.2, 0) is 0 Å². The first-order valence-corrected chi connectivity index (χ1v) is 11.0. The first-order chi connectivity index (χ1) is 13.2. The summed E-state index contributed by atoms with van der Waals surface area (Å²) in [6.07, 6.45) is -0.858. The maximum atomic E-state index is 9.25. The molecule has 4 atom stereocenters. The van der Waals surface area contributed by atoms with Crippen molar-refractivity contribution in [2.75, 3.05) is 78.5 Å². The SMILES string of the molecule is CC(O)CN1CCN(CC(C)O)CC1.CC(O)C[NH+]1CC[NH+](CC(C)O)CC1. The fraction of sp³-hybridized carbons (Fsp3) is 1.00. The highest BCUT2D eigenvalue weighted by Gasteiger charge is 2.24. The van der Waals surface area contributed by atoms with Crippen LogP contribution in [0.3, 0.4) is 0 Å². The number of aliphatic hydroxyl groups is 4. The zero-order chi connectivity index (χ0) is 21.1. The van der Waals surface area contributed by atoms with Gasteiger partial charge in [0.05, 0.1) is 12.2 Å². The number of nitrogens with zero attached hydrogens (tertiary/aromatic N) is 2. The molecule has 0 aliphatic carbocycles. The van der Waals surface area contributed by atoms with E-state index in [1.165, 1.54) is 9.80 Å². The van der Waals surface area contributed by atoms with Gasteiger partial charge in [0.2, 0.25) is 0 Å². The normalized spacial score (nSPS) is 28.7. The van der Waals surface area contributed by atoms with E-state index in [1.807, 2.05) is 27.7 Å². The monoisotopic (exact) mass is 406 g/mol. The molecule has 4 unspecified atom stereocenters. The predicted molar refractivity (Wildman–Crippen MR) is 111 cm³/mol. The van der Waals surface area contributed by atoms with E-state index >= 15 is 0 Å². The Morgan fingerprint density at radius 1 is 0.571 bits per heavy atom. The van der Waals surface area contributed by atoms with Gasteiger partial charge in [-0.05, 0) is 27.7 Å². The molecule has 2 aliphatic heterocycles. The molecule has 2 fully saturated rings. The van der Waals surface area contributed by atoms with Crippen LogP contribution in [0.2, 0.25) is 0 Å². The van der Waals surface area contributed by atoms with Crippen LogP contribution in [0.5, 0.6) is 0 Å². The van der Waals surface area contributed by atoms with E-state index in [2.05, 4.69) is 9.80 Å². The summed E-state index contributed by atoms with van der Waals surface area (Å²) in [5, 5.41) is 36.9. The summed E-state index contributed by atoms with van der Waals surface area (Å²) in [7, 11) is 0. The Bertz CT molecular complexity index is 308. The van der Waals surface area contributed by atoms with Crippen LogP contribution in [0, 0.1) is 0 Å². The molecule has 0 aromatic carbocycles. The van der Waals surface area contributed by atoms with Crippen LogP contribution in [0.1, 0.15) is 27.7 Å². The standard InChI is InChI=1S/2C10H22N2O2/c2*1-9(13)7-11-3-5-12(6-4-11)8-10(2)14/h2*9-10,13-14H,3-8H2,1-2H3/p+2. The van der Waals surface area contributed by atoms with Crippen molar-refractivity contribution in [3.63, 3.8) is 0 Å². The second kappa shape index (κ2) is 13.8. The molecule has 0 radical (unpaired) electrons. The summed E-state index contributed by atoms with van der Waals surface area (Å²) in [5.41, 5.74) is 0. The summed E-state index contributed by atoms with van der Waals surface area (Å²) < 4.78 is 0. The Morgan fingerprint density at radius 3 is 1.07 bits per heavy atom. The van der Waals surface area contributed by atoms with Gasteiger partial charge in [0, 0.05) is 39.3 Å². The van der Waals surface area contributed by atoms with E-state index in [-0.39, 0.29) is 24.4 Å². The highest BCUT2D eigenvalue weighted by atomic mass is 16.3. The number of hydrogen-bond acceptors (Lipinski definition) is 6. The molecule has 2 aliphatic rings. The number of nitrogens with one attached hydrogen (secondary N) is 2. The van der Waals surface area contributed by atoms with Crippen LogP contribution in [0.25, 0.3) is 0 Å². The number of hydrogen-bond donors (Lipinski definition) is 6. The van der Waals surface area contributed by atoms with Crippen molar-refractivity contribution in [2.24, 2.45) is 0 Å². The molecule has 28 heavy (non-hydrogen) atoms. The molecular formula is C20H46N4O4+2. The quantitative estimate of drug-likeness (QED) is 0.245. The van der Waals surface area contributed by atoms with Gasteiger partial charge < -0.3 is 30.2 Å². The van der Waals surface area contributed by atoms with E-state index in [4.69, 9.17) is 0 Å². The fourth-order valence-corrected chi connectivity index (χ4v) is 4.10. The third kappa shape index (κ3) is 12.3. The van der Waals surface area contributed by atoms with Crippen molar-refractivity contribution >= 4 is 0 Å². The molecule has 0 saturated carbocycles. The predicted octanol–water partition coefficient (Wildman–Crippen LogP) is -4.10. The van der Waals surface area contributed by atoms with E-state index < -0.39 is 0 Å². The van der Waals surface area contributed by atoms with Gasteiger partial charge in [0.1, 0.15) is 51.5 Å². The van der Waals surface area contributed by atoms with Gasteiger partial charge in [-0.15, -0.1) is 0 Å². The average Bonchev–Trinajstić information content (AvgIpc) is 2.57. The summed E-state index contributed by atoms with van der Waals surface area (Å²) >= 11 is 0. The zero-order valence-electron chi connectivity index (χ0n) is 18.5. The number of aliphatic hydroxyl groups excluding tert-OH is 4. The van der Waals surface area contributed by atoms with Crippen molar-refractivity contribution in [3.05, 3.63) is 0 Å². The van der Waals surface area contributed by atoms with Gasteiger partial charge in [0.25, 0.3) is 0 Å². The van der Waals surface area contributed by atoms with Gasteiger partial charge in [-0.3, -0.25) is 9.80 Å². The van der Waals surface area contributed by atoms with E-state index in [1.54, 1.807) is 0 Å². The van der Waals surface area contributed by atoms with Gasteiger partial charge >= 0.3 is 0 Å². The van der Waals surface area contributed by atoms with E-state index in [9.17, 15) is 20.4 Å². The lowest BCUT2D eigenvalue weighted by Crippen LogP contribution is -3.28. The Hall–Kier alpha value is -0.320. The Kier molecular flexibility index (Phi) is 12.7. The van der Waals surface area contributed by atoms with E-state index in [0.29, 0.717) is 0 Å². The molecule has 0 aromatic rings. The molecule has 0 amide bonds. The van der Waals surface area contributed by atoms with Crippen molar-refractivity contribution in [3.8, 4) is 0 Å². The second-order valence-electron chi connectivity index (χ2n) is 8.91. The zero-order valence-corrected chi connectivity index (χ0v) is 18.5. The molecular weight excluding hydrogens is 360 g/mol. The Morgan fingerprint density at radius 2 is 0.857 bits per heavy atom. The average molecular weight is 407 g/mol. The number of β-amino-alcohol motifs (C(OH)–C–C–N with tert-alkyl or cyclic N) is 2. The maximum absolute atomic E-state index is 9.25. The topological polar surface area (TPSA) is 96.3 Å². The van der Waals surface area contributed by atoms with Crippen LogP contribution >= 0.6 is 0 Å². The van der Waals surface area contributed by atoms with Gasteiger partial charge in [-0.1, -0.05) is 0 Å². The minimum absolute atomic E-state index is 0.191. The third-order valence-electron chi connectivity index (χ3n) is 5.34. The number of quaternary nitrogens is 2. The highest BCUT2D eigenvalue weighted by molar-refractivity contribution is 4.74. The molecule has 0 spiro atoms. The molecule has 2 saturated heterocycles. The molecule has 0 bridgehead atoms. The van der Waals surface area contributed by atoms with Crippen LogP contribution in [-0.4, -0.2) is 133 Å². The Labute approximate surface area is 171 Å². The lowest BCUT2D eigenvalue weighted by atomic mass is 10.2. The first kappa shape index (κ1) is 25.7. The third-order valence-corrected chi connectivity index (χ3v) is 5.34. The maximum Gasteiger partial charge on any atom is 0.127 e. The summed E-state index contributed by atoms with van der Waals surface area (Å²) in [6.45, 7) is 19.1. The summed E-state index contributed by atoms with van der Waals surface area (Å²) in [5.74, 6) is 0. The van der Waals surface area contributed by atoms with Gasteiger partial charge in [-0.2, -0.15) is 0 Å². The van der Waals surface area contributed by atoms with Crippen molar-refractivity contribution in [2.45, 2.75) is 52.1 Å². The van der Waals surface area contributed by atoms with Crippen LogP contribution in [0.4, 0.5) is 0 Å². The van der Waals surface area contributed by atoms with Crippen molar-refractivity contribution in [1.82, 2.24) is 9.80 Å². The molecule has 0 aromatic heterocycles. The minimum atomic E-state index is -0.238. The highest BCUT2D eigenvalue weighted by Crippen LogP contribution is 2.03. The molecule has 168 valence electrons. The second-order valence-corrected chi connectivity index (χ2v) is 8.91. The molecule has 2 rings (SSSR count). The molecule has 8 nitrogen and oxygen atoms in total. The number of rotatable bonds is 8. The number of piperazine rings is 2. The van der Waals surface area contributed by atoms with E-state index in [0.717, 1.165) is 78.5 Å². The van der Waals surface area contributed by atoms with Crippen molar-refractivity contribution in [1.29, 1.82) is 0 Å². The smallest absolute Gasteiger partial charge is 0.127 e. The largest absolute Gasteiger partial charge is 0.392 e. The van der Waals surface area contributed by atoms with Crippen LogP contribution < -0.4 is 9.80 Å². The summed E-state index contributed by atoms with van der Waals surface area (Å²) in [6, 6.07) is 0. The fourth-order valence-electron chi connectivity index (χ4n) is 4.10. The van der Waals surface area contributed by atoms with Gasteiger partial charge in [-0.25, -0.2) is 0 Å². The Balaban J connectivity index is 0.000000280. The summed E-state index contributed by atoms with van der Waals surface area (Å²) in [4.78, 5) is 7.52. The lowest BCUT2D eigenvalue weighted by molar-refractivity contribution is -1.01.